The molecule has 4 rings (SSSR count). The van der Waals surface area contributed by atoms with Gasteiger partial charge in [0.15, 0.2) is 0 Å². The van der Waals surface area contributed by atoms with E-state index in [-0.39, 0.29) is 11.9 Å². The van der Waals surface area contributed by atoms with Crippen molar-refractivity contribution in [1.29, 1.82) is 0 Å². The number of rotatable bonds is 7. The number of ether oxygens (including phenoxy) is 1. The van der Waals surface area contributed by atoms with E-state index < -0.39 is 0 Å². The second-order valence-electron chi connectivity index (χ2n) is 7.68. The average Bonchev–Trinajstić information content (AvgIpc) is 3.29. The van der Waals surface area contributed by atoms with Crippen LogP contribution in [0.1, 0.15) is 43.7 Å². The first-order chi connectivity index (χ1) is 14.7. The number of carbonyl (C=O) groups is 1. The highest BCUT2D eigenvalue weighted by Crippen LogP contribution is 2.29. The number of methoxy groups -OCH3 is 1. The van der Waals surface area contributed by atoms with Gasteiger partial charge in [0.25, 0.3) is 0 Å². The van der Waals surface area contributed by atoms with Gasteiger partial charge in [0.2, 0.25) is 5.91 Å². The first-order valence-electron chi connectivity index (χ1n) is 10.4. The monoisotopic (exact) mass is 405 g/mol. The van der Waals surface area contributed by atoms with Gasteiger partial charge in [-0.1, -0.05) is 18.2 Å². The van der Waals surface area contributed by atoms with E-state index in [1.165, 1.54) is 0 Å². The first kappa shape index (κ1) is 20.1. The summed E-state index contributed by atoms with van der Waals surface area (Å²) in [5.74, 6) is 0.944. The Morgan fingerprint density at radius 1 is 1.17 bits per heavy atom. The van der Waals surface area contributed by atoms with Crippen LogP contribution in [0.15, 0.2) is 55.2 Å². The Hall–Kier alpha value is -3.22. The van der Waals surface area contributed by atoms with Gasteiger partial charge in [-0.15, -0.1) is 0 Å². The molecule has 3 aromatic rings. The summed E-state index contributed by atoms with van der Waals surface area (Å²) in [6.45, 7) is 0. The lowest BCUT2D eigenvalue weighted by atomic mass is 9.91. The second-order valence-corrected chi connectivity index (χ2v) is 7.68. The fourth-order valence-electron chi connectivity index (χ4n) is 4.06. The normalized spacial score (nSPS) is 18.7. The lowest BCUT2D eigenvalue weighted by Gasteiger charge is -2.29. The number of benzene rings is 1. The van der Waals surface area contributed by atoms with E-state index in [1.807, 2.05) is 41.3 Å². The number of hydrogen-bond acceptors (Lipinski definition) is 5. The van der Waals surface area contributed by atoms with E-state index in [9.17, 15) is 4.79 Å². The van der Waals surface area contributed by atoms with Crippen LogP contribution < -0.4 is 10.1 Å². The molecule has 1 aliphatic carbocycles. The molecule has 0 spiro atoms. The maximum absolute atomic E-state index is 12.4. The SMILES string of the molecule is COc1ccccc1CCC(=O)NC1CCC(n2cc(-c3cnccn3)cn2)CC1. The van der Waals surface area contributed by atoms with Gasteiger partial charge in [0, 0.05) is 36.6 Å². The van der Waals surface area contributed by atoms with Gasteiger partial charge in [-0.05, 0) is 43.7 Å². The van der Waals surface area contributed by atoms with Crippen molar-refractivity contribution in [2.45, 2.75) is 50.6 Å². The summed E-state index contributed by atoms with van der Waals surface area (Å²) in [6, 6.07) is 8.45. The van der Waals surface area contributed by atoms with Crippen molar-refractivity contribution >= 4 is 5.91 Å². The molecule has 1 saturated carbocycles. The molecule has 1 N–H and O–H groups in total. The Balaban J connectivity index is 1.25. The average molecular weight is 406 g/mol. The highest BCUT2D eigenvalue weighted by molar-refractivity contribution is 5.76. The molecule has 0 radical (unpaired) electrons. The van der Waals surface area contributed by atoms with E-state index >= 15 is 0 Å². The third kappa shape index (κ3) is 4.84. The predicted octanol–water partition coefficient (Wildman–Crippen LogP) is 3.58. The predicted molar refractivity (Wildman–Crippen MR) is 114 cm³/mol. The zero-order valence-corrected chi connectivity index (χ0v) is 17.2. The van der Waals surface area contributed by atoms with Gasteiger partial charge in [-0.2, -0.15) is 5.10 Å². The Kier molecular flexibility index (Phi) is 6.37. The number of hydrogen-bond donors (Lipinski definition) is 1. The minimum absolute atomic E-state index is 0.105. The third-order valence-corrected chi connectivity index (χ3v) is 5.71. The van der Waals surface area contributed by atoms with Crippen molar-refractivity contribution in [3.63, 3.8) is 0 Å². The van der Waals surface area contributed by atoms with Crippen molar-refractivity contribution in [2.24, 2.45) is 0 Å². The number of nitrogens with zero attached hydrogens (tertiary/aromatic N) is 4. The van der Waals surface area contributed by atoms with E-state index in [0.717, 1.165) is 48.3 Å². The van der Waals surface area contributed by atoms with Crippen LogP contribution in [0.3, 0.4) is 0 Å². The molecule has 7 heteroatoms. The third-order valence-electron chi connectivity index (χ3n) is 5.71. The van der Waals surface area contributed by atoms with E-state index in [1.54, 1.807) is 25.7 Å². The van der Waals surface area contributed by atoms with Crippen molar-refractivity contribution in [3.8, 4) is 17.0 Å². The van der Waals surface area contributed by atoms with Crippen LogP contribution in [0.5, 0.6) is 5.75 Å². The molecule has 1 amide bonds. The van der Waals surface area contributed by atoms with E-state index in [0.29, 0.717) is 18.9 Å². The summed E-state index contributed by atoms with van der Waals surface area (Å²) < 4.78 is 7.40. The Morgan fingerprint density at radius 3 is 2.77 bits per heavy atom. The molecule has 0 aliphatic heterocycles. The number of aryl methyl sites for hydroxylation is 1. The highest BCUT2D eigenvalue weighted by Gasteiger charge is 2.24. The van der Waals surface area contributed by atoms with Gasteiger partial charge in [0.05, 0.1) is 31.2 Å². The minimum Gasteiger partial charge on any atom is -0.496 e. The van der Waals surface area contributed by atoms with E-state index in [2.05, 4.69) is 20.4 Å². The largest absolute Gasteiger partial charge is 0.496 e. The molecular weight excluding hydrogens is 378 g/mol. The molecule has 0 unspecified atom stereocenters. The summed E-state index contributed by atoms with van der Waals surface area (Å²) >= 11 is 0. The number of nitrogens with one attached hydrogen (secondary N) is 1. The molecule has 30 heavy (non-hydrogen) atoms. The number of para-hydroxylation sites is 1. The summed E-state index contributed by atoms with van der Waals surface area (Å²) in [5, 5.41) is 7.73. The molecule has 0 bridgehead atoms. The molecule has 7 nitrogen and oxygen atoms in total. The van der Waals surface area contributed by atoms with Crippen LogP contribution in [-0.2, 0) is 11.2 Å². The van der Waals surface area contributed by atoms with Crippen molar-refractivity contribution in [2.75, 3.05) is 7.11 Å². The Labute approximate surface area is 176 Å². The molecule has 1 fully saturated rings. The fraction of sp³-hybridized carbons (Fsp3) is 0.391. The molecule has 2 heterocycles. The molecule has 0 atom stereocenters. The first-order valence-corrected chi connectivity index (χ1v) is 10.4. The molecule has 2 aromatic heterocycles. The van der Waals surface area contributed by atoms with Gasteiger partial charge in [0.1, 0.15) is 5.75 Å². The van der Waals surface area contributed by atoms with Crippen molar-refractivity contribution in [1.82, 2.24) is 25.1 Å². The van der Waals surface area contributed by atoms with Gasteiger partial charge < -0.3 is 10.1 Å². The number of aromatic nitrogens is 4. The maximum atomic E-state index is 12.4. The van der Waals surface area contributed by atoms with Crippen molar-refractivity contribution < 1.29 is 9.53 Å². The maximum Gasteiger partial charge on any atom is 0.220 e. The number of amides is 1. The summed E-state index contributed by atoms with van der Waals surface area (Å²) in [4.78, 5) is 20.9. The van der Waals surface area contributed by atoms with Crippen LogP contribution in [0.25, 0.3) is 11.3 Å². The smallest absolute Gasteiger partial charge is 0.220 e. The Morgan fingerprint density at radius 2 is 2.00 bits per heavy atom. The van der Waals surface area contributed by atoms with Crippen LogP contribution in [0, 0.1) is 0 Å². The zero-order valence-electron chi connectivity index (χ0n) is 17.2. The summed E-state index contributed by atoms with van der Waals surface area (Å²) in [7, 11) is 1.66. The highest BCUT2D eigenvalue weighted by atomic mass is 16.5. The lowest BCUT2D eigenvalue weighted by molar-refractivity contribution is -0.122. The van der Waals surface area contributed by atoms with Gasteiger partial charge in [-0.25, -0.2) is 0 Å². The van der Waals surface area contributed by atoms with Crippen LogP contribution >= 0.6 is 0 Å². The van der Waals surface area contributed by atoms with Crippen molar-refractivity contribution in [3.05, 3.63) is 60.8 Å². The topological polar surface area (TPSA) is 81.9 Å². The second kappa shape index (κ2) is 9.52. The molecular formula is C23H27N5O2. The zero-order chi connectivity index (χ0) is 20.8. The quantitative estimate of drug-likeness (QED) is 0.650. The van der Waals surface area contributed by atoms with Gasteiger partial charge >= 0.3 is 0 Å². The minimum atomic E-state index is 0.105. The molecule has 0 saturated heterocycles. The van der Waals surface area contributed by atoms with Crippen LogP contribution in [0.4, 0.5) is 0 Å². The molecule has 1 aliphatic rings. The summed E-state index contributed by atoms with van der Waals surface area (Å²) in [6.07, 6.45) is 14.1. The van der Waals surface area contributed by atoms with E-state index in [4.69, 9.17) is 4.74 Å². The molecule has 156 valence electrons. The van der Waals surface area contributed by atoms with Crippen LogP contribution in [0.2, 0.25) is 0 Å². The number of carbonyl (C=O) groups excluding carboxylic acids is 1. The Bertz CT molecular complexity index is 964. The fourth-order valence-corrected chi connectivity index (χ4v) is 4.06. The van der Waals surface area contributed by atoms with Gasteiger partial charge in [-0.3, -0.25) is 19.4 Å². The standard InChI is InChI=1S/C23H27N5O2/c1-30-22-5-3-2-4-17(22)6-11-23(29)27-19-7-9-20(10-8-19)28-16-18(14-26-28)21-15-24-12-13-25-21/h2-5,12-16,19-20H,6-11H2,1H3,(H,27,29). The van der Waals surface area contributed by atoms with Crippen LogP contribution in [-0.4, -0.2) is 38.8 Å². The molecule has 1 aromatic carbocycles. The summed E-state index contributed by atoms with van der Waals surface area (Å²) in [5.41, 5.74) is 2.88. The lowest BCUT2D eigenvalue weighted by Crippen LogP contribution is -2.38.